The number of halogens is 2. The van der Waals surface area contributed by atoms with Gasteiger partial charge in [0.1, 0.15) is 0 Å². The highest BCUT2D eigenvalue weighted by molar-refractivity contribution is 7.90. The average molecular weight is 278 g/mol. The summed E-state index contributed by atoms with van der Waals surface area (Å²) in [6.07, 6.45) is -1.72. The van der Waals surface area contributed by atoms with E-state index in [1.54, 1.807) is 0 Å². The maximum Gasteiger partial charge on any atom is 0.255 e. The van der Waals surface area contributed by atoms with Gasteiger partial charge in [0.25, 0.3) is 12.3 Å². The molecule has 1 rings (SSSR count). The van der Waals surface area contributed by atoms with Gasteiger partial charge in [-0.2, -0.15) is 0 Å². The largest absolute Gasteiger partial charge is 0.399 e. The van der Waals surface area contributed by atoms with Gasteiger partial charge in [-0.05, 0) is 18.2 Å². The number of alkyl halides is 2. The smallest absolute Gasteiger partial charge is 0.255 e. The van der Waals surface area contributed by atoms with E-state index in [9.17, 15) is 22.0 Å². The Kier molecular flexibility index (Phi) is 4.23. The predicted octanol–water partition coefficient (Wildman–Crippen LogP) is 0.667. The standard InChI is InChI=1S/C10H12F2N2O3S/c1-18(16,17)8-3-6(2-7(13)4-8)10(15)14-5-9(11)12/h2-4,9H,5,13H2,1H3,(H,14,15). The summed E-state index contributed by atoms with van der Waals surface area (Å²) in [6, 6.07) is 3.50. The molecule has 8 heteroatoms. The van der Waals surface area contributed by atoms with Crippen LogP contribution >= 0.6 is 0 Å². The van der Waals surface area contributed by atoms with E-state index in [0.29, 0.717) is 0 Å². The number of nitrogens with one attached hydrogen (secondary N) is 1. The number of amides is 1. The number of benzene rings is 1. The lowest BCUT2D eigenvalue weighted by Gasteiger charge is -2.07. The molecule has 0 aliphatic heterocycles. The van der Waals surface area contributed by atoms with Crippen LogP contribution in [0.25, 0.3) is 0 Å². The molecule has 0 heterocycles. The minimum absolute atomic E-state index is 0.0696. The molecular formula is C10H12F2N2O3S. The number of rotatable bonds is 4. The van der Waals surface area contributed by atoms with Crippen molar-refractivity contribution in [3.05, 3.63) is 23.8 Å². The Morgan fingerprint density at radius 2 is 2.00 bits per heavy atom. The summed E-state index contributed by atoms with van der Waals surface area (Å²) < 4.78 is 46.5. The Bertz CT molecular complexity index is 558. The third-order valence-electron chi connectivity index (χ3n) is 2.04. The zero-order valence-corrected chi connectivity index (χ0v) is 10.3. The topological polar surface area (TPSA) is 89.3 Å². The van der Waals surface area contributed by atoms with Gasteiger partial charge < -0.3 is 11.1 Å². The number of nitrogens with two attached hydrogens (primary N) is 1. The molecule has 18 heavy (non-hydrogen) atoms. The predicted molar refractivity (Wildman–Crippen MR) is 62.3 cm³/mol. The molecule has 0 aliphatic carbocycles. The summed E-state index contributed by atoms with van der Waals surface area (Å²) >= 11 is 0. The molecule has 100 valence electrons. The summed E-state index contributed by atoms with van der Waals surface area (Å²) in [5, 5.41) is 1.96. The first-order valence-electron chi connectivity index (χ1n) is 4.87. The molecule has 3 N–H and O–H groups in total. The molecule has 1 aromatic carbocycles. The molecule has 0 bridgehead atoms. The average Bonchev–Trinajstić information content (AvgIpc) is 2.23. The second kappa shape index (κ2) is 5.30. The lowest BCUT2D eigenvalue weighted by molar-refractivity contribution is 0.0891. The maximum atomic E-state index is 11.9. The minimum atomic E-state index is -3.52. The van der Waals surface area contributed by atoms with Crippen molar-refractivity contribution in [3.8, 4) is 0 Å². The molecule has 0 atom stereocenters. The fourth-order valence-corrected chi connectivity index (χ4v) is 1.93. The van der Waals surface area contributed by atoms with Crippen LogP contribution in [0.4, 0.5) is 14.5 Å². The van der Waals surface area contributed by atoms with E-state index in [4.69, 9.17) is 5.73 Å². The highest BCUT2D eigenvalue weighted by Crippen LogP contribution is 2.16. The molecular weight excluding hydrogens is 266 g/mol. The summed E-state index contributed by atoms with van der Waals surface area (Å²) in [6.45, 7) is -0.804. The highest BCUT2D eigenvalue weighted by atomic mass is 32.2. The number of hydrogen-bond donors (Lipinski definition) is 2. The van der Waals surface area contributed by atoms with Crippen molar-refractivity contribution in [2.45, 2.75) is 11.3 Å². The third kappa shape index (κ3) is 3.95. The molecule has 0 saturated carbocycles. The van der Waals surface area contributed by atoms with E-state index in [1.807, 2.05) is 5.32 Å². The summed E-state index contributed by atoms with van der Waals surface area (Å²) in [4.78, 5) is 11.4. The minimum Gasteiger partial charge on any atom is -0.399 e. The number of hydrogen-bond acceptors (Lipinski definition) is 4. The number of carbonyl (C=O) groups is 1. The van der Waals surface area contributed by atoms with Gasteiger partial charge in [0.15, 0.2) is 9.84 Å². The van der Waals surface area contributed by atoms with Gasteiger partial charge in [-0.1, -0.05) is 0 Å². The molecule has 0 aliphatic rings. The summed E-state index contributed by atoms with van der Waals surface area (Å²) in [7, 11) is -3.52. The van der Waals surface area contributed by atoms with Crippen molar-refractivity contribution in [2.24, 2.45) is 0 Å². The molecule has 0 spiro atoms. The molecule has 0 saturated heterocycles. The van der Waals surface area contributed by atoms with Crippen molar-refractivity contribution < 1.29 is 22.0 Å². The van der Waals surface area contributed by atoms with Crippen LogP contribution in [0.1, 0.15) is 10.4 Å². The van der Waals surface area contributed by atoms with Gasteiger partial charge in [-0.25, -0.2) is 17.2 Å². The zero-order chi connectivity index (χ0) is 13.9. The molecule has 1 aromatic rings. The Morgan fingerprint density at radius 3 is 2.50 bits per heavy atom. The van der Waals surface area contributed by atoms with E-state index < -0.39 is 28.7 Å². The summed E-state index contributed by atoms with van der Waals surface area (Å²) in [5.74, 6) is -0.799. The lowest BCUT2D eigenvalue weighted by atomic mass is 10.2. The first-order chi connectivity index (χ1) is 8.20. The van der Waals surface area contributed by atoms with Gasteiger partial charge >= 0.3 is 0 Å². The first-order valence-corrected chi connectivity index (χ1v) is 6.76. The molecule has 0 fully saturated rings. The van der Waals surface area contributed by atoms with Crippen LogP contribution in [-0.4, -0.2) is 33.6 Å². The molecule has 0 radical (unpaired) electrons. The monoisotopic (exact) mass is 278 g/mol. The Hall–Kier alpha value is -1.70. The van der Waals surface area contributed by atoms with Crippen LogP contribution in [0.15, 0.2) is 23.1 Å². The van der Waals surface area contributed by atoms with Crippen LogP contribution in [-0.2, 0) is 9.84 Å². The third-order valence-corrected chi connectivity index (χ3v) is 3.13. The highest BCUT2D eigenvalue weighted by Gasteiger charge is 2.14. The van der Waals surface area contributed by atoms with E-state index >= 15 is 0 Å². The van der Waals surface area contributed by atoms with Gasteiger partial charge in [0, 0.05) is 17.5 Å². The van der Waals surface area contributed by atoms with Gasteiger partial charge in [-0.3, -0.25) is 4.79 Å². The van der Waals surface area contributed by atoms with Crippen molar-refractivity contribution in [1.29, 1.82) is 0 Å². The van der Waals surface area contributed by atoms with Crippen molar-refractivity contribution in [1.82, 2.24) is 5.32 Å². The molecule has 5 nitrogen and oxygen atoms in total. The lowest BCUT2D eigenvalue weighted by Crippen LogP contribution is -2.28. The number of nitrogen functional groups attached to an aromatic ring is 1. The SMILES string of the molecule is CS(=O)(=O)c1cc(N)cc(C(=O)NCC(F)F)c1. The van der Waals surface area contributed by atoms with Crippen LogP contribution in [0.2, 0.25) is 0 Å². The van der Waals surface area contributed by atoms with Crippen molar-refractivity contribution in [2.75, 3.05) is 18.5 Å². The van der Waals surface area contributed by atoms with Crippen molar-refractivity contribution in [3.63, 3.8) is 0 Å². The van der Waals surface area contributed by atoms with Crippen LogP contribution < -0.4 is 11.1 Å². The Morgan fingerprint density at radius 1 is 1.39 bits per heavy atom. The quantitative estimate of drug-likeness (QED) is 0.792. The fraction of sp³-hybridized carbons (Fsp3) is 0.300. The first kappa shape index (κ1) is 14.4. The van der Waals surface area contributed by atoms with Crippen LogP contribution in [0.3, 0.4) is 0 Å². The van der Waals surface area contributed by atoms with Crippen molar-refractivity contribution >= 4 is 21.4 Å². The molecule has 0 aromatic heterocycles. The van der Waals surface area contributed by atoms with Crippen LogP contribution in [0.5, 0.6) is 0 Å². The number of anilines is 1. The Balaban J connectivity index is 3.03. The molecule has 1 amide bonds. The molecule has 0 unspecified atom stereocenters. The second-order valence-electron chi connectivity index (χ2n) is 3.66. The number of sulfone groups is 1. The second-order valence-corrected chi connectivity index (χ2v) is 5.68. The van der Waals surface area contributed by atoms with Gasteiger partial charge in [-0.15, -0.1) is 0 Å². The van der Waals surface area contributed by atoms with Gasteiger partial charge in [0.2, 0.25) is 0 Å². The fourth-order valence-electron chi connectivity index (χ4n) is 1.24. The Labute approximate surface area is 103 Å². The van der Waals surface area contributed by atoms with E-state index in [2.05, 4.69) is 0 Å². The van der Waals surface area contributed by atoms with Gasteiger partial charge in [0.05, 0.1) is 11.4 Å². The van der Waals surface area contributed by atoms with E-state index in [-0.39, 0.29) is 16.1 Å². The normalized spacial score (nSPS) is 11.6. The van der Waals surface area contributed by atoms with Crippen LogP contribution in [0, 0.1) is 0 Å². The van der Waals surface area contributed by atoms with E-state index in [1.165, 1.54) is 12.1 Å². The maximum absolute atomic E-state index is 11.9. The number of carbonyl (C=O) groups excluding carboxylic acids is 1. The summed E-state index contributed by atoms with van der Waals surface area (Å²) in [5.41, 5.74) is 5.45. The zero-order valence-electron chi connectivity index (χ0n) is 9.48. The van der Waals surface area contributed by atoms with E-state index in [0.717, 1.165) is 12.3 Å².